The lowest BCUT2D eigenvalue weighted by Gasteiger charge is -2.20. The molecular weight excluding hydrogens is 253 g/mol. The minimum atomic E-state index is -0.380. The third-order valence-electron chi connectivity index (χ3n) is 3.09. The molecule has 1 heterocycles. The Kier molecular flexibility index (Phi) is 3.46. The Morgan fingerprint density at radius 1 is 1.20 bits per heavy atom. The van der Waals surface area contributed by atoms with Gasteiger partial charge in [-0.05, 0) is 12.1 Å². The van der Waals surface area contributed by atoms with Crippen LogP contribution in [0.25, 0.3) is 11.1 Å². The number of nitriles is 1. The fourth-order valence-electron chi connectivity index (χ4n) is 1.96. The number of hydrogen-bond donors (Lipinski definition) is 1. The molecule has 0 saturated carbocycles. The minimum Gasteiger partial charge on any atom is -0.383 e. The van der Waals surface area contributed by atoms with Crippen LogP contribution in [0.4, 0.5) is 10.2 Å². The summed E-state index contributed by atoms with van der Waals surface area (Å²) in [7, 11) is 0. The quantitative estimate of drug-likeness (QED) is 0.859. The molecule has 0 aliphatic heterocycles. The second-order valence-corrected chi connectivity index (χ2v) is 5.66. The van der Waals surface area contributed by atoms with Gasteiger partial charge < -0.3 is 5.73 Å². The fourth-order valence-corrected chi connectivity index (χ4v) is 1.96. The molecule has 2 rings (SSSR count). The normalized spacial score (nSPS) is 11.2. The van der Waals surface area contributed by atoms with E-state index in [1.165, 1.54) is 6.07 Å². The van der Waals surface area contributed by atoms with Gasteiger partial charge in [0.25, 0.3) is 0 Å². The summed E-state index contributed by atoms with van der Waals surface area (Å²) < 4.78 is 14.0. The van der Waals surface area contributed by atoms with E-state index in [1.807, 2.05) is 26.8 Å². The molecule has 2 N–H and O–H groups in total. The van der Waals surface area contributed by atoms with Gasteiger partial charge in [0.1, 0.15) is 23.3 Å². The van der Waals surface area contributed by atoms with Crippen LogP contribution in [-0.2, 0) is 5.41 Å². The highest BCUT2D eigenvalue weighted by Crippen LogP contribution is 2.32. The van der Waals surface area contributed by atoms with Crippen LogP contribution in [0.2, 0.25) is 0 Å². The maximum atomic E-state index is 14.0. The van der Waals surface area contributed by atoms with E-state index in [0.29, 0.717) is 11.1 Å². The first kappa shape index (κ1) is 14.0. The van der Waals surface area contributed by atoms with Crippen LogP contribution < -0.4 is 5.73 Å². The second kappa shape index (κ2) is 4.93. The Labute approximate surface area is 117 Å². The lowest BCUT2D eigenvalue weighted by atomic mass is 9.88. The summed E-state index contributed by atoms with van der Waals surface area (Å²) >= 11 is 0. The number of pyridine rings is 1. The molecule has 0 amide bonds. The fraction of sp³-hybridized carbons (Fsp3) is 0.250. The minimum absolute atomic E-state index is 0.137. The number of hydrogen-bond acceptors (Lipinski definition) is 3. The van der Waals surface area contributed by atoms with E-state index >= 15 is 0 Å². The largest absolute Gasteiger partial charge is 0.383 e. The third kappa shape index (κ3) is 2.48. The number of benzene rings is 1. The van der Waals surface area contributed by atoms with Crippen molar-refractivity contribution in [2.75, 3.05) is 5.73 Å². The van der Waals surface area contributed by atoms with E-state index in [0.717, 1.165) is 5.69 Å². The molecule has 0 aliphatic carbocycles. The van der Waals surface area contributed by atoms with Crippen LogP contribution in [0.15, 0.2) is 30.3 Å². The number of anilines is 1. The lowest BCUT2D eigenvalue weighted by molar-refractivity contribution is 0.570. The molecule has 4 heteroatoms. The molecular formula is C16H16FN3. The molecule has 0 bridgehead atoms. The van der Waals surface area contributed by atoms with E-state index < -0.39 is 0 Å². The number of nitrogen functional groups attached to an aromatic ring is 1. The topological polar surface area (TPSA) is 62.7 Å². The van der Waals surface area contributed by atoms with Crippen molar-refractivity contribution in [1.82, 2.24) is 4.98 Å². The van der Waals surface area contributed by atoms with Gasteiger partial charge in [-0.25, -0.2) is 9.37 Å². The molecule has 0 spiro atoms. The monoisotopic (exact) mass is 269 g/mol. The van der Waals surface area contributed by atoms with Gasteiger partial charge in [0.05, 0.1) is 0 Å². The van der Waals surface area contributed by atoms with E-state index in [4.69, 9.17) is 5.73 Å². The van der Waals surface area contributed by atoms with Crippen molar-refractivity contribution in [3.05, 3.63) is 47.4 Å². The number of nitrogens with zero attached hydrogens (tertiary/aromatic N) is 2. The molecule has 0 radical (unpaired) electrons. The molecule has 0 fully saturated rings. The van der Waals surface area contributed by atoms with Gasteiger partial charge in [0.2, 0.25) is 0 Å². The summed E-state index contributed by atoms with van der Waals surface area (Å²) in [5.74, 6) is -0.243. The SMILES string of the molecule is CC(C)(C)c1cc(-c2ccccc2F)c(C#N)c(N)n1. The molecule has 0 saturated heterocycles. The Morgan fingerprint density at radius 3 is 2.40 bits per heavy atom. The van der Waals surface area contributed by atoms with Gasteiger partial charge in [-0.15, -0.1) is 0 Å². The summed E-state index contributed by atoms with van der Waals surface area (Å²) in [6.45, 7) is 5.98. The van der Waals surface area contributed by atoms with E-state index in [1.54, 1.807) is 24.3 Å². The summed E-state index contributed by atoms with van der Waals surface area (Å²) in [4.78, 5) is 4.26. The van der Waals surface area contributed by atoms with Gasteiger partial charge in [0.15, 0.2) is 0 Å². The van der Waals surface area contributed by atoms with Crippen LogP contribution in [-0.4, -0.2) is 4.98 Å². The summed E-state index contributed by atoms with van der Waals surface area (Å²) in [6.07, 6.45) is 0. The molecule has 1 aromatic heterocycles. The average molecular weight is 269 g/mol. The molecule has 2 aromatic rings. The zero-order valence-corrected chi connectivity index (χ0v) is 11.7. The highest BCUT2D eigenvalue weighted by Gasteiger charge is 2.21. The summed E-state index contributed by atoms with van der Waals surface area (Å²) in [6, 6.07) is 10.1. The van der Waals surface area contributed by atoms with Gasteiger partial charge in [0, 0.05) is 22.2 Å². The van der Waals surface area contributed by atoms with Gasteiger partial charge >= 0.3 is 0 Å². The van der Waals surface area contributed by atoms with Crippen molar-refractivity contribution >= 4 is 5.82 Å². The zero-order chi connectivity index (χ0) is 14.9. The third-order valence-corrected chi connectivity index (χ3v) is 3.09. The highest BCUT2D eigenvalue weighted by atomic mass is 19.1. The Balaban J connectivity index is 2.78. The first-order chi connectivity index (χ1) is 9.34. The van der Waals surface area contributed by atoms with Crippen LogP contribution in [0.3, 0.4) is 0 Å². The average Bonchev–Trinajstić information content (AvgIpc) is 2.37. The Hall–Kier alpha value is -2.41. The number of rotatable bonds is 1. The van der Waals surface area contributed by atoms with Crippen molar-refractivity contribution in [3.63, 3.8) is 0 Å². The zero-order valence-electron chi connectivity index (χ0n) is 11.7. The van der Waals surface area contributed by atoms with Crippen molar-refractivity contribution in [3.8, 4) is 17.2 Å². The molecule has 1 aromatic carbocycles. The molecule has 0 unspecified atom stereocenters. The van der Waals surface area contributed by atoms with E-state index in [-0.39, 0.29) is 22.6 Å². The first-order valence-corrected chi connectivity index (χ1v) is 6.30. The van der Waals surface area contributed by atoms with E-state index in [9.17, 15) is 9.65 Å². The Morgan fingerprint density at radius 2 is 1.85 bits per heavy atom. The maximum absolute atomic E-state index is 14.0. The number of halogens is 1. The van der Waals surface area contributed by atoms with Crippen LogP contribution in [0.5, 0.6) is 0 Å². The molecule has 102 valence electrons. The second-order valence-electron chi connectivity index (χ2n) is 5.66. The standard InChI is InChI=1S/C16H16FN3/c1-16(2,3)14-8-11(12(9-18)15(19)20-14)10-6-4-5-7-13(10)17/h4-8H,1-3H3,(H2,19,20). The van der Waals surface area contributed by atoms with Crippen molar-refractivity contribution < 1.29 is 4.39 Å². The first-order valence-electron chi connectivity index (χ1n) is 6.30. The van der Waals surface area contributed by atoms with Gasteiger partial charge in [-0.2, -0.15) is 5.26 Å². The maximum Gasteiger partial charge on any atom is 0.142 e. The molecule has 20 heavy (non-hydrogen) atoms. The van der Waals surface area contributed by atoms with Crippen LogP contribution in [0.1, 0.15) is 32.0 Å². The van der Waals surface area contributed by atoms with Crippen LogP contribution >= 0.6 is 0 Å². The predicted octanol–water partition coefficient (Wildman–Crippen LogP) is 3.64. The number of aromatic nitrogens is 1. The van der Waals surface area contributed by atoms with Crippen LogP contribution in [0, 0.1) is 17.1 Å². The summed E-state index contributed by atoms with van der Waals surface area (Å²) in [5, 5.41) is 9.25. The Bertz CT molecular complexity index is 694. The molecule has 0 atom stereocenters. The van der Waals surface area contributed by atoms with E-state index in [2.05, 4.69) is 4.98 Å². The van der Waals surface area contributed by atoms with Gasteiger partial charge in [-0.1, -0.05) is 39.0 Å². The smallest absolute Gasteiger partial charge is 0.142 e. The molecule has 0 aliphatic rings. The highest BCUT2D eigenvalue weighted by molar-refractivity contribution is 5.76. The summed E-state index contributed by atoms with van der Waals surface area (Å²) in [5.41, 5.74) is 7.42. The number of nitrogens with two attached hydrogens (primary N) is 1. The lowest BCUT2D eigenvalue weighted by Crippen LogP contribution is -2.15. The predicted molar refractivity (Wildman–Crippen MR) is 77.5 cm³/mol. The molecule has 3 nitrogen and oxygen atoms in total. The van der Waals surface area contributed by atoms with Crippen molar-refractivity contribution in [2.45, 2.75) is 26.2 Å². The van der Waals surface area contributed by atoms with Gasteiger partial charge in [-0.3, -0.25) is 0 Å². The van der Waals surface area contributed by atoms with Crippen molar-refractivity contribution in [1.29, 1.82) is 5.26 Å². The van der Waals surface area contributed by atoms with Crippen molar-refractivity contribution in [2.24, 2.45) is 0 Å².